The van der Waals surface area contributed by atoms with Gasteiger partial charge < -0.3 is 4.90 Å². The third-order valence-electron chi connectivity index (χ3n) is 11.1. The molecule has 57 heavy (non-hydrogen) atoms. The first-order valence-corrected chi connectivity index (χ1v) is 21.0. The number of hydrogen-bond acceptors (Lipinski definition) is 3. The molecule has 0 bridgehead atoms. The molecule has 3 heteroatoms. The van der Waals surface area contributed by atoms with Gasteiger partial charge in [-0.2, -0.15) is 0 Å². The van der Waals surface area contributed by atoms with E-state index in [0.717, 1.165) is 11.4 Å². The van der Waals surface area contributed by atoms with Gasteiger partial charge in [-0.25, -0.2) is 0 Å². The molecule has 268 valence electrons. The molecule has 0 radical (unpaired) electrons. The number of anilines is 3. The lowest BCUT2D eigenvalue weighted by atomic mass is 9.91. The first-order valence-electron chi connectivity index (χ1n) is 19.3. The summed E-state index contributed by atoms with van der Waals surface area (Å²) in [4.78, 5) is 2.43. The van der Waals surface area contributed by atoms with E-state index in [0.29, 0.717) is 0 Å². The number of rotatable bonds is 7. The molecule has 1 nitrogen and oxygen atoms in total. The van der Waals surface area contributed by atoms with Crippen molar-refractivity contribution in [3.63, 3.8) is 0 Å². The van der Waals surface area contributed by atoms with E-state index in [2.05, 4.69) is 217 Å². The van der Waals surface area contributed by atoms with Crippen LogP contribution in [0.5, 0.6) is 0 Å². The minimum Gasteiger partial charge on any atom is -0.310 e. The van der Waals surface area contributed by atoms with Crippen LogP contribution in [0.15, 0.2) is 212 Å². The third-order valence-corrected chi connectivity index (χ3v) is 13.5. The minimum atomic E-state index is 1.12. The Morgan fingerprint density at radius 1 is 0.298 bits per heavy atom. The number of benzene rings is 9. The molecule has 11 rings (SSSR count). The Balaban J connectivity index is 1.03. The lowest BCUT2D eigenvalue weighted by Crippen LogP contribution is -2.10. The smallest absolute Gasteiger partial charge is 0.0554 e. The molecule has 0 fully saturated rings. The largest absolute Gasteiger partial charge is 0.310 e. The predicted molar refractivity (Wildman–Crippen MR) is 249 cm³/mol. The standard InChI is InChI=1S/C54H35NS2/c1-3-13-37(14-4-1)43-34-29-40(35-48(43)38-15-5-2-6-16-38)36-25-30-41(31-26-36)55(49-21-12-24-52-53(49)47-18-8-10-23-51(47)56-52)42-32-27-39(28-33-42)44-19-11-20-46-45-17-7-9-22-50(45)57-54(44)46/h1-35H. The number of nitrogens with zero attached hydrogens (tertiary/aromatic N) is 1. The van der Waals surface area contributed by atoms with Crippen molar-refractivity contribution >= 4 is 80.1 Å². The third kappa shape index (κ3) is 5.91. The zero-order valence-corrected chi connectivity index (χ0v) is 32.6. The van der Waals surface area contributed by atoms with E-state index < -0.39 is 0 Å². The zero-order valence-electron chi connectivity index (χ0n) is 31.0. The van der Waals surface area contributed by atoms with Crippen LogP contribution < -0.4 is 4.90 Å². The second-order valence-electron chi connectivity index (χ2n) is 14.5. The van der Waals surface area contributed by atoms with Gasteiger partial charge in [0.15, 0.2) is 0 Å². The molecular weight excluding hydrogens is 727 g/mol. The number of fused-ring (bicyclic) bond motifs is 6. The maximum atomic E-state index is 2.43. The average Bonchev–Trinajstić information content (AvgIpc) is 3.87. The van der Waals surface area contributed by atoms with Crippen molar-refractivity contribution in [2.45, 2.75) is 0 Å². The van der Waals surface area contributed by atoms with Crippen LogP contribution in [-0.4, -0.2) is 0 Å². The first-order chi connectivity index (χ1) is 28.3. The molecule has 9 aromatic carbocycles. The van der Waals surface area contributed by atoms with Crippen molar-refractivity contribution in [1.29, 1.82) is 0 Å². The lowest BCUT2D eigenvalue weighted by molar-refractivity contribution is 1.30. The van der Waals surface area contributed by atoms with E-state index in [-0.39, 0.29) is 0 Å². The molecule has 0 amide bonds. The normalized spacial score (nSPS) is 11.5. The number of hydrogen-bond donors (Lipinski definition) is 0. The van der Waals surface area contributed by atoms with Crippen molar-refractivity contribution in [3.05, 3.63) is 212 Å². The fourth-order valence-corrected chi connectivity index (χ4v) is 10.8. The summed E-state index contributed by atoms with van der Waals surface area (Å²) in [7, 11) is 0. The Labute approximate surface area is 340 Å². The molecule has 11 aromatic rings. The average molecular weight is 762 g/mol. The van der Waals surface area contributed by atoms with E-state index >= 15 is 0 Å². The van der Waals surface area contributed by atoms with Gasteiger partial charge in [0.1, 0.15) is 0 Å². The highest BCUT2D eigenvalue weighted by Crippen LogP contribution is 2.46. The van der Waals surface area contributed by atoms with E-state index in [1.165, 1.54) is 90.5 Å². The molecule has 2 heterocycles. The van der Waals surface area contributed by atoms with Crippen LogP contribution in [0.3, 0.4) is 0 Å². The van der Waals surface area contributed by atoms with E-state index in [1.54, 1.807) is 0 Å². The van der Waals surface area contributed by atoms with E-state index in [1.807, 2.05) is 22.7 Å². The van der Waals surface area contributed by atoms with E-state index in [4.69, 9.17) is 0 Å². The molecule has 0 unspecified atom stereocenters. The summed E-state index contributed by atoms with van der Waals surface area (Å²) >= 11 is 3.74. The SMILES string of the molecule is c1ccc(-c2ccc(-c3ccc(N(c4ccc(-c5cccc6c5sc5ccccc56)cc4)c4cccc5sc6ccccc6c45)cc3)cc2-c2ccccc2)cc1. The van der Waals surface area contributed by atoms with Gasteiger partial charge in [0.05, 0.1) is 5.69 Å². The Hall–Kier alpha value is -6.78. The predicted octanol–water partition coefficient (Wildman–Crippen LogP) is 16.6. The topological polar surface area (TPSA) is 3.24 Å². The highest BCUT2D eigenvalue weighted by atomic mass is 32.1. The Kier molecular flexibility index (Phi) is 8.28. The summed E-state index contributed by atoms with van der Waals surface area (Å²) in [6, 6.07) is 77.5. The van der Waals surface area contributed by atoms with Crippen LogP contribution in [0, 0.1) is 0 Å². The molecule has 0 saturated carbocycles. The molecule has 0 aliphatic rings. The van der Waals surface area contributed by atoms with Crippen LogP contribution >= 0.6 is 22.7 Å². The summed E-state index contributed by atoms with van der Waals surface area (Å²) < 4.78 is 5.25. The van der Waals surface area contributed by atoms with Crippen molar-refractivity contribution in [1.82, 2.24) is 0 Å². The molecule has 0 aliphatic heterocycles. The van der Waals surface area contributed by atoms with Crippen molar-refractivity contribution < 1.29 is 0 Å². The van der Waals surface area contributed by atoms with Crippen molar-refractivity contribution in [2.75, 3.05) is 4.90 Å². The second-order valence-corrected chi connectivity index (χ2v) is 16.6. The Morgan fingerprint density at radius 3 is 1.54 bits per heavy atom. The van der Waals surface area contributed by atoms with Crippen LogP contribution in [0.1, 0.15) is 0 Å². The van der Waals surface area contributed by atoms with Gasteiger partial charge in [0.2, 0.25) is 0 Å². The maximum Gasteiger partial charge on any atom is 0.0554 e. The summed E-state index contributed by atoms with van der Waals surface area (Å²) in [6.45, 7) is 0. The summed E-state index contributed by atoms with van der Waals surface area (Å²) in [5.41, 5.74) is 13.2. The summed E-state index contributed by atoms with van der Waals surface area (Å²) in [5, 5.41) is 5.21. The van der Waals surface area contributed by atoms with Gasteiger partial charge in [-0.3, -0.25) is 0 Å². The van der Waals surface area contributed by atoms with Crippen LogP contribution in [0.4, 0.5) is 17.1 Å². The monoisotopic (exact) mass is 761 g/mol. The van der Waals surface area contributed by atoms with Gasteiger partial charge in [0.25, 0.3) is 0 Å². The van der Waals surface area contributed by atoms with Crippen molar-refractivity contribution in [3.8, 4) is 44.5 Å². The van der Waals surface area contributed by atoms with Gasteiger partial charge in [-0.1, -0.05) is 158 Å². The van der Waals surface area contributed by atoms with Crippen LogP contribution in [0.25, 0.3) is 84.9 Å². The molecule has 0 aliphatic carbocycles. The maximum absolute atomic E-state index is 2.43. The van der Waals surface area contributed by atoms with Gasteiger partial charge in [-0.05, 0) is 99.1 Å². The van der Waals surface area contributed by atoms with Crippen LogP contribution in [0.2, 0.25) is 0 Å². The van der Waals surface area contributed by atoms with Crippen LogP contribution in [-0.2, 0) is 0 Å². The number of thiophene rings is 2. The Morgan fingerprint density at radius 2 is 0.825 bits per heavy atom. The molecule has 2 aromatic heterocycles. The molecule has 0 saturated heterocycles. The minimum absolute atomic E-state index is 1.12. The van der Waals surface area contributed by atoms with Gasteiger partial charge >= 0.3 is 0 Å². The summed E-state index contributed by atoms with van der Waals surface area (Å²) in [6.07, 6.45) is 0. The van der Waals surface area contributed by atoms with Gasteiger partial charge in [-0.15, -0.1) is 22.7 Å². The zero-order chi connectivity index (χ0) is 37.7. The van der Waals surface area contributed by atoms with Gasteiger partial charge in [0, 0.05) is 51.7 Å². The second kappa shape index (κ2) is 14.1. The summed E-state index contributed by atoms with van der Waals surface area (Å²) in [5.74, 6) is 0. The molecule has 0 atom stereocenters. The highest BCUT2D eigenvalue weighted by molar-refractivity contribution is 7.26. The fraction of sp³-hybridized carbons (Fsp3) is 0. The Bertz CT molecular complexity index is 3210. The quantitative estimate of drug-likeness (QED) is 0.156. The lowest BCUT2D eigenvalue weighted by Gasteiger charge is -2.27. The molecule has 0 spiro atoms. The fourth-order valence-electron chi connectivity index (χ4n) is 8.39. The van der Waals surface area contributed by atoms with E-state index in [9.17, 15) is 0 Å². The highest BCUT2D eigenvalue weighted by Gasteiger charge is 2.20. The molecular formula is C54H35NS2. The molecule has 0 N–H and O–H groups in total. The first kappa shape index (κ1) is 33.5. The van der Waals surface area contributed by atoms with Crippen molar-refractivity contribution in [2.24, 2.45) is 0 Å².